The van der Waals surface area contributed by atoms with Crippen molar-refractivity contribution in [2.24, 2.45) is 0 Å². The maximum atomic E-state index is 11.9. The van der Waals surface area contributed by atoms with Gasteiger partial charge in [-0.3, -0.25) is 0 Å². The zero-order valence-corrected chi connectivity index (χ0v) is 10.1. The van der Waals surface area contributed by atoms with Crippen LogP contribution in [0.5, 0.6) is 0 Å². The van der Waals surface area contributed by atoms with Gasteiger partial charge in [-0.15, -0.1) is 0 Å². The van der Waals surface area contributed by atoms with Gasteiger partial charge in [0.1, 0.15) is 0 Å². The van der Waals surface area contributed by atoms with E-state index in [1.54, 1.807) is 0 Å². The van der Waals surface area contributed by atoms with E-state index < -0.39 is 18.6 Å². The topological polar surface area (TPSA) is 75.3 Å². The summed E-state index contributed by atoms with van der Waals surface area (Å²) in [6, 6.07) is 4.34. The zero-order valence-electron chi connectivity index (χ0n) is 10.1. The molecular weight excluding hydrogens is 261 g/mol. The van der Waals surface area contributed by atoms with Gasteiger partial charge in [0.15, 0.2) is 0 Å². The van der Waals surface area contributed by atoms with Crippen LogP contribution < -0.4 is 11.1 Å². The molecule has 0 aliphatic rings. The lowest BCUT2D eigenvalue weighted by molar-refractivity contribution is -0.135. The van der Waals surface area contributed by atoms with Crippen LogP contribution in [-0.2, 0) is 0 Å². The predicted molar refractivity (Wildman–Crippen MR) is 66.2 cm³/mol. The smallest absolute Gasteiger partial charge is 0.389 e. The van der Waals surface area contributed by atoms with E-state index in [1.807, 2.05) is 0 Å². The van der Waals surface area contributed by atoms with E-state index >= 15 is 0 Å². The van der Waals surface area contributed by atoms with Crippen molar-refractivity contribution in [1.82, 2.24) is 0 Å². The molecule has 0 heterocycles. The van der Waals surface area contributed by atoms with E-state index in [0.717, 1.165) is 0 Å². The van der Waals surface area contributed by atoms with Crippen molar-refractivity contribution in [2.75, 3.05) is 17.6 Å². The third-order valence-corrected chi connectivity index (χ3v) is 2.50. The molecule has 1 aromatic rings. The lowest BCUT2D eigenvalue weighted by Gasteiger charge is -2.09. The minimum atomic E-state index is -4.12. The maximum absolute atomic E-state index is 11.9. The number of benzene rings is 1. The van der Waals surface area contributed by atoms with E-state index in [2.05, 4.69) is 5.32 Å². The van der Waals surface area contributed by atoms with Crippen LogP contribution in [-0.4, -0.2) is 23.8 Å². The Morgan fingerprint density at radius 2 is 2.00 bits per heavy atom. The molecule has 4 N–H and O–H groups in total. The Labute approximate surface area is 108 Å². The molecule has 0 radical (unpaired) electrons. The van der Waals surface area contributed by atoms with E-state index in [0.29, 0.717) is 18.7 Å². The lowest BCUT2D eigenvalue weighted by Crippen LogP contribution is -2.09. The fraction of sp³-hybridized carbons (Fsp3) is 0.417. The van der Waals surface area contributed by atoms with Gasteiger partial charge in [0.2, 0.25) is 0 Å². The predicted octanol–water partition coefficient (Wildman–Crippen LogP) is 3.11. The van der Waals surface area contributed by atoms with Gasteiger partial charge in [-0.25, -0.2) is 4.79 Å². The molecule has 0 aliphatic heterocycles. The Balaban J connectivity index is 2.38. The number of nitrogen functional groups attached to an aromatic ring is 1. The van der Waals surface area contributed by atoms with Crippen molar-refractivity contribution < 1.29 is 23.1 Å². The van der Waals surface area contributed by atoms with Crippen molar-refractivity contribution in [1.29, 1.82) is 0 Å². The number of hydrogen-bond acceptors (Lipinski definition) is 3. The van der Waals surface area contributed by atoms with Crippen LogP contribution in [0.1, 0.15) is 29.6 Å². The summed E-state index contributed by atoms with van der Waals surface area (Å²) in [5.74, 6) is -1.12. The molecule has 0 aliphatic carbocycles. The fourth-order valence-corrected chi connectivity index (χ4v) is 1.55. The Morgan fingerprint density at radius 3 is 2.53 bits per heavy atom. The standard InChI is InChI=1S/C12H15F3N2O2/c13-12(14,15)5-1-2-6-17-8-3-4-9(11(18)19)10(16)7-8/h3-4,7,17H,1-2,5-6,16H2,(H,18,19). The molecule has 1 aromatic carbocycles. The molecule has 0 atom stereocenters. The highest BCUT2D eigenvalue weighted by Crippen LogP contribution is 2.22. The molecule has 0 unspecified atom stereocenters. The van der Waals surface area contributed by atoms with Gasteiger partial charge in [0, 0.05) is 24.3 Å². The third kappa shape index (κ3) is 5.50. The van der Waals surface area contributed by atoms with Crippen molar-refractivity contribution in [2.45, 2.75) is 25.4 Å². The molecule has 0 fully saturated rings. The van der Waals surface area contributed by atoms with Crippen LogP contribution in [0.25, 0.3) is 0 Å². The maximum Gasteiger partial charge on any atom is 0.389 e. The molecule has 1 rings (SSSR count). The number of halogens is 3. The fourth-order valence-electron chi connectivity index (χ4n) is 1.55. The SMILES string of the molecule is Nc1cc(NCCCCC(F)(F)F)ccc1C(=O)O. The van der Waals surface area contributed by atoms with Crippen molar-refractivity contribution >= 4 is 17.3 Å². The number of nitrogens with two attached hydrogens (primary N) is 1. The largest absolute Gasteiger partial charge is 0.478 e. The number of unbranched alkanes of at least 4 members (excludes halogenated alkanes) is 1. The van der Waals surface area contributed by atoms with Gasteiger partial charge in [-0.2, -0.15) is 13.2 Å². The molecule has 7 heteroatoms. The minimum absolute atomic E-state index is 0.00243. The van der Waals surface area contributed by atoms with E-state index in [1.165, 1.54) is 18.2 Å². The Bertz CT molecular complexity index is 447. The number of carboxylic acids is 1. The minimum Gasteiger partial charge on any atom is -0.478 e. The first kappa shape index (κ1) is 15.1. The van der Waals surface area contributed by atoms with Crippen LogP contribution in [0, 0.1) is 0 Å². The summed E-state index contributed by atoms with van der Waals surface area (Å²) >= 11 is 0. The number of carboxylic acid groups (broad SMARTS) is 1. The van der Waals surface area contributed by atoms with E-state index in [4.69, 9.17) is 10.8 Å². The first-order valence-electron chi connectivity index (χ1n) is 5.73. The van der Waals surface area contributed by atoms with Crippen molar-refractivity contribution in [3.63, 3.8) is 0 Å². The van der Waals surface area contributed by atoms with Gasteiger partial charge in [0.05, 0.1) is 5.56 Å². The highest BCUT2D eigenvalue weighted by molar-refractivity contribution is 5.94. The second-order valence-corrected chi connectivity index (χ2v) is 4.11. The summed E-state index contributed by atoms with van der Waals surface area (Å²) in [6.07, 6.45) is -4.48. The van der Waals surface area contributed by atoms with Crippen LogP contribution >= 0.6 is 0 Å². The Morgan fingerprint density at radius 1 is 1.32 bits per heavy atom. The summed E-state index contributed by atoms with van der Waals surface area (Å²) in [4.78, 5) is 10.7. The molecule has 0 aromatic heterocycles. The first-order valence-corrected chi connectivity index (χ1v) is 5.73. The van der Waals surface area contributed by atoms with Gasteiger partial charge in [0.25, 0.3) is 0 Å². The zero-order chi connectivity index (χ0) is 14.5. The quantitative estimate of drug-likeness (QED) is 0.551. The molecule has 0 bridgehead atoms. The average molecular weight is 276 g/mol. The van der Waals surface area contributed by atoms with Crippen LogP contribution in [0.4, 0.5) is 24.5 Å². The van der Waals surface area contributed by atoms with Gasteiger partial charge >= 0.3 is 12.1 Å². The van der Waals surface area contributed by atoms with Crippen molar-refractivity contribution in [3.05, 3.63) is 23.8 Å². The summed E-state index contributed by atoms with van der Waals surface area (Å²) in [5.41, 5.74) is 6.25. The normalized spacial score (nSPS) is 11.3. The molecule has 4 nitrogen and oxygen atoms in total. The second kappa shape index (κ2) is 6.31. The highest BCUT2D eigenvalue weighted by Gasteiger charge is 2.25. The molecule has 0 spiro atoms. The summed E-state index contributed by atoms with van der Waals surface area (Å²) in [5, 5.41) is 11.7. The molecule has 106 valence electrons. The Kier molecular flexibility index (Phi) is 5.02. The van der Waals surface area contributed by atoms with E-state index in [9.17, 15) is 18.0 Å². The number of alkyl halides is 3. The molecule has 19 heavy (non-hydrogen) atoms. The number of hydrogen-bond donors (Lipinski definition) is 3. The van der Waals surface area contributed by atoms with Gasteiger partial charge < -0.3 is 16.2 Å². The second-order valence-electron chi connectivity index (χ2n) is 4.11. The molecule has 0 amide bonds. The number of nitrogens with one attached hydrogen (secondary N) is 1. The highest BCUT2D eigenvalue weighted by atomic mass is 19.4. The molecule has 0 saturated heterocycles. The Hall–Kier alpha value is -1.92. The monoisotopic (exact) mass is 276 g/mol. The van der Waals surface area contributed by atoms with Crippen LogP contribution in [0.15, 0.2) is 18.2 Å². The number of aromatic carboxylic acids is 1. The van der Waals surface area contributed by atoms with E-state index in [-0.39, 0.29) is 17.7 Å². The molecule has 0 saturated carbocycles. The average Bonchev–Trinajstić information content (AvgIpc) is 2.26. The lowest BCUT2D eigenvalue weighted by atomic mass is 10.1. The third-order valence-electron chi connectivity index (χ3n) is 2.50. The number of rotatable bonds is 6. The summed E-state index contributed by atoms with van der Waals surface area (Å²) in [7, 11) is 0. The van der Waals surface area contributed by atoms with Crippen LogP contribution in [0.2, 0.25) is 0 Å². The van der Waals surface area contributed by atoms with Gasteiger partial charge in [-0.05, 0) is 31.0 Å². The summed E-state index contributed by atoms with van der Waals surface area (Å²) in [6.45, 7) is 0.377. The first-order chi connectivity index (χ1) is 8.79. The number of carbonyl (C=O) groups is 1. The van der Waals surface area contributed by atoms with Crippen molar-refractivity contribution in [3.8, 4) is 0 Å². The van der Waals surface area contributed by atoms with Crippen LogP contribution in [0.3, 0.4) is 0 Å². The molecular formula is C12H15F3N2O2. The van der Waals surface area contributed by atoms with Gasteiger partial charge in [-0.1, -0.05) is 0 Å². The summed E-state index contributed by atoms with van der Waals surface area (Å²) < 4.78 is 35.7. The number of anilines is 2.